The summed E-state index contributed by atoms with van der Waals surface area (Å²) in [6.45, 7) is 3.68. The zero-order valence-electron chi connectivity index (χ0n) is 20.5. The van der Waals surface area contributed by atoms with Gasteiger partial charge in [0.15, 0.2) is 16.3 Å². The van der Waals surface area contributed by atoms with Crippen LogP contribution in [-0.4, -0.2) is 38.5 Å². The monoisotopic (exact) mass is 572 g/mol. The Bertz CT molecular complexity index is 1540. The number of esters is 1. The van der Waals surface area contributed by atoms with Crippen LogP contribution >= 0.6 is 27.3 Å². The molecule has 2 heterocycles. The van der Waals surface area contributed by atoms with Crippen LogP contribution in [0.15, 0.2) is 61.9 Å². The first kappa shape index (κ1) is 25.7. The van der Waals surface area contributed by atoms with E-state index in [0.29, 0.717) is 43.4 Å². The first-order chi connectivity index (χ1) is 17.3. The molecule has 0 fully saturated rings. The number of thiazole rings is 1. The second-order valence-corrected chi connectivity index (χ2v) is 9.73. The molecule has 3 aromatic rings. The molecule has 1 aliphatic rings. The van der Waals surface area contributed by atoms with Gasteiger partial charge in [0, 0.05) is 10.0 Å². The van der Waals surface area contributed by atoms with Crippen molar-refractivity contribution < 1.29 is 23.7 Å². The minimum atomic E-state index is -0.758. The van der Waals surface area contributed by atoms with Crippen molar-refractivity contribution in [2.45, 2.75) is 19.9 Å². The summed E-state index contributed by atoms with van der Waals surface area (Å²) in [5.74, 6) is 1.12. The molecule has 188 valence electrons. The number of halogens is 1. The van der Waals surface area contributed by atoms with E-state index < -0.39 is 12.0 Å². The number of rotatable bonds is 7. The van der Waals surface area contributed by atoms with Crippen LogP contribution in [0.1, 0.15) is 31.0 Å². The first-order valence-electron chi connectivity index (χ1n) is 11.1. The minimum absolute atomic E-state index is 0.196. The third-order valence-corrected chi connectivity index (χ3v) is 7.19. The molecule has 0 spiro atoms. The SMILES string of the molecule is CCOC(=O)C1=C(C)N=c2s/c(=C/c3cc(Br)ccc3OC)c(=O)n2[C@H]1c1ccc(OC)c(OC)c1. The molecule has 0 amide bonds. The van der Waals surface area contributed by atoms with Crippen molar-refractivity contribution in [3.05, 3.63) is 83.0 Å². The Hall–Kier alpha value is -3.37. The predicted octanol–water partition coefficient (Wildman–Crippen LogP) is 3.59. The zero-order valence-corrected chi connectivity index (χ0v) is 22.9. The summed E-state index contributed by atoms with van der Waals surface area (Å²) >= 11 is 4.72. The lowest BCUT2D eigenvalue weighted by molar-refractivity contribution is -0.139. The second-order valence-electron chi connectivity index (χ2n) is 7.80. The van der Waals surface area contributed by atoms with Gasteiger partial charge in [0.1, 0.15) is 5.75 Å². The fraction of sp³-hybridized carbons (Fsp3) is 0.269. The van der Waals surface area contributed by atoms with Crippen LogP contribution in [0.4, 0.5) is 0 Å². The van der Waals surface area contributed by atoms with Gasteiger partial charge in [0.25, 0.3) is 5.56 Å². The van der Waals surface area contributed by atoms with E-state index in [1.165, 1.54) is 23.0 Å². The molecule has 0 radical (unpaired) electrons. The molecule has 36 heavy (non-hydrogen) atoms. The van der Waals surface area contributed by atoms with E-state index in [9.17, 15) is 9.59 Å². The lowest BCUT2D eigenvalue weighted by Gasteiger charge is -2.25. The van der Waals surface area contributed by atoms with Gasteiger partial charge in [-0.3, -0.25) is 9.36 Å². The van der Waals surface area contributed by atoms with Crippen molar-refractivity contribution in [2.24, 2.45) is 4.99 Å². The molecule has 1 aliphatic heterocycles. The largest absolute Gasteiger partial charge is 0.496 e. The Morgan fingerprint density at radius 2 is 1.78 bits per heavy atom. The number of fused-ring (bicyclic) bond motifs is 1. The van der Waals surface area contributed by atoms with Gasteiger partial charge in [0.2, 0.25) is 0 Å². The Morgan fingerprint density at radius 3 is 2.44 bits per heavy atom. The van der Waals surface area contributed by atoms with Gasteiger partial charge in [-0.05, 0) is 55.8 Å². The van der Waals surface area contributed by atoms with Gasteiger partial charge in [-0.15, -0.1) is 0 Å². The maximum atomic E-state index is 13.8. The number of hydrogen-bond acceptors (Lipinski definition) is 8. The van der Waals surface area contributed by atoms with E-state index in [0.717, 1.165) is 10.0 Å². The lowest BCUT2D eigenvalue weighted by Crippen LogP contribution is -2.40. The van der Waals surface area contributed by atoms with Gasteiger partial charge < -0.3 is 18.9 Å². The zero-order chi connectivity index (χ0) is 26.0. The normalized spacial score (nSPS) is 15.3. The summed E-state index contributed by atoms with van der Waals surface area (Å²) in [7, 11) is 4.66. The van der Waals surface area contributed by atoms with Gasteiger partial charge in [-0.2, -0.15) is 0 Å². The molecular formula is C26H25BrN2O6S. The number of hydrogen-bond donors (Lipinski definition) is 0. The molecular weight excluding hydrogens is 548 g/mol. The molecule has 1 atom stereocenters. The van der Waals surface area contributed by atoms with Gasteiger partial charge in [-0.25, -0.2) is 9.79 Å². The quantitative estimate of drug-likeness (QED) is 0.402. The topological polar surface area (TPSA) is 88.4 Å². The molecule has 0 bridgehead atoms. The van der Waals surface area contributed by atoms with Crippen molar-refractivity contribution in [3.63, 3.8) is 0 Å². The van der Waals surface area contributed by atoms with Crippen LogP contribution in [0.3, 0.4) is 0 Å². The second kappa shape index (κ2) is 10.7. The third kappa shape index (κ3) is 4.70. The molecule has 0 unspecified atom stereocenters. The molecule has 0 saturated carbocycles. The van der Waals surface area contributed by atoms with E-state index in [-0.39, 0.29) is 12.2 Å². The average Bonchev–Trinajstić information content (AvgIpc) is 3.17. The fourth-order valence-corrected chi connectivity index (χ4v) is 5.51. The molecule has 10 heteroatoms. The van der Waals surface area contributed by atoms with Crippen molar-refractivity contribution in [1.82, 2.24) is 4.57 Å². The average molecular weight is 573 g/mol. The van der Waals surface area contributed by atoms with Crippen molar-refractivity contribution in [3.8, 4) is 17.2 Å². The van der Waals surface area contributed by atoms with E-state index in [1.807, 2.05) is 18.2 Å². The Balaban J connectivity index is 1.99. The summed E-state index contributed by atoms with van der Waals surface area (Å²) < 4.78 is 24.5. The Kier molecular flexibility index (Phi) is 7.65. The standard InChI is InChI=1S/C26H25BrN2O6S/c1-6-35-25(31)22-14(2)28-26-29(23(22)15-7-9-19(33-4)20(12-15)34-5)24(30)21(36-26)13-16-11-17(27)8-10-18(16)32-3/h7-13,23H,6H2,1-5H3/b21-13+/t23-/m0/s1. The molecule has 0 aliphatic carbocycles. The predicted molar refractivity (Wildman–Crippen MR) is 141 cm³/mol. The van der Waals surface area contributed by atoms with Crippen LogP contribution in [0.25, 0.3) is 6.08 Å². The lowest BCUT2D eigenvalue weighted by atomic mass is 9.95. The number of methoxy groups -OCH3 is 3. The highest BCUT2D eigenvalue weighted by atomic mass is 79.9. The third-order valence-electron chi connectivity index (χ3n) is 5.72. The first-order valence-corrected chi connectivity index (χ1v) is 12.7. The van der Waals surface area contributed by atoms with Crippen LogP contribution in [0.2, 0.25) is 0 Å². The number of aromatic nitrogens is 1. The molecule has 2 aromatic carbocycles. The summed E-state index contributed by atoms with van der Waals surface area (Å²) in [6.07, 6.45) is 1.77. The van der Waals surface area contributed by atoms with Gasteiger partial charge in [-0.1, -0.05) is 33.3 Å². The molecule has 0 saturated heterocycles. The number of carbonyl (C=O) groups is 1. The number of allylic oxidation sites excluding steroid dienone is 1. The number of nitrogens with zero attached hydrogens (tertiary/aromatic N) is 2. The van der Waals surface area contributed by atoms with Crippen molar-refractivity contribution >= 4 is 39.3 Å². The van der Waals surface area contributed by atoms with E-state index in [1.54, 1.807) is 52.3 Å². The summed E-state index contributed by atoms with van der Waals surface area (Å²) in [6, 6.07) is 10.1. The van der Waals surface area contributed by atoms with Crippen LogP contribution < -0.4 is 29.1 Å². The highest BCUT2D eigenvalue weighted by Crippen LogP contribution is 2.36. The number of carbonyl (C=O) groups excluding carboxylic acids is 1. The van der Waals surface area contributed by atoms with Crippen molar-refractivity contribution in [1.29, 1.82) is 0 Å². The van der Waals surface area contributed by atoms with Gasteiger partial charge in [0.05, 0.1) is 49.8 Å². The summed E-state index contributed by atoms with van der Waals surface area (Å²) in [5, 5.41) is 0. The molecule has 4 rings (SSSR count). The van der Waals surface area contributed by atoms with Crippen molar-refractivity contribution in [2.75, 3.05) is 27.9 Å². The smallest absolute Gasteiger partial charge is 0.338 e. The van der Waals surface area contributed by atoms with Crippen LogP contribution in [0, 0.1) is 0 Å². The number of benzene rings is 2. The van der Waals surface area contributed by atoms with Crippen LogP contribution in [-0.2, 0) is 9.53 Å². The Morgan fingerprint density at radius 1 is 1.08 bits per heavy atom. The molecule has 0 N–H and O–H groups in total. The maximum Gasteiger partial charge on any atom is 0.338 e. The maximum absolute atomic E-state index is 13.8. The van der Waals surface area contributed by atoms with E-state index >= 15 is 0 Å². The summed E-state index contributed by atoms with van der Waals surface area (Å²) in [5.41, 5.74) is 1.90. The number of ether oxygens (including phenoxy) is 4. The molecule has 1 aromatic heterocycles. The minimum Gasteiger partial charge on any atom is -0.496 e. The fourth-order valence-electron chi connectivity index (χ4n) is 4.09. The van der Waals surface area contributed by atoms with Crippen LogP contribution in [0.5, 0.6) is 17.2 Å². The molecule has 8 nitrogen and oxygen atoms in total. The van der Waals surface area contributed by atoms with E-state index in [4.69, 9.17) is 18.9 Å². The van der Waals surface area contributed by atoms with Gasteiger partial charge >= 0.3 is 5.97 Å². The Labute approximate surface area is 220 Å². The highest BCUT2D eigenvalue weighted by molar-refractivity contribution is 9.10. The van der Waals surface area contributed by atoms with E-state index in [2.05, 4.69) is 20.9 Å². The highest BCUT2D eigenvalue weighted by Gasteiger charge is 2.34. The summed E-state index contributed by atoms with van der Waals surface area (Å²) in [4.78, 5) is 32.0.